The molecule has 0 aliphatic carbocycles. The van der Waals surface area contributed by atoms with Crippen LogP contribution in [0.15, 0.2) is 39.5 Å². The minimum Gasteiger partial charge on any atom is -0.465 e. The molecule has 2 aromatic heterocycles. The van der Waals surface area contributed by atoms with Crippen LogP contribution < -0.4 is 5.32 Å². The van der Waals surface area contributed by atoms with Crippen molar-refractivity contribution in [2.45, 2.75) is 0 Å². The van der Waals surface area contributed by atoms with Crippen LogP contribution in [0, 0.1) is 0 Å². The highest BCUT2D eigenvalue weighted by atomic mass is 79.9. The first-order valence-electron chi connectivity index (χ1n) is 5.21. The van der Waals surface area contributed by atoms with Gasteiger partial charge < -0.3 is 14.5 Å². The Hall–Kier alpha value is -2.15. The van der Waals surface area contributed by atoms with Crippen LogP contribution in [0.3, 0.4) is 0 Å². The summed E-state index contributed by atoms with van der Waals surface area (Å²) < 4.78 is 10.1. The van der Waals surface area contributed by atoms with Crippen LogP contribution in [0.2, 0.25) is 0 Å². The molecular weight excluding hydrogens is 316 g/mol. The van der Waals surface area contributed by atoms with Crippen LogP contribution in [0.25, 0.3) is 0 Å². The summed E-state index contributed by atoms with van der Waals surface area (Å²) in [5.41, 5.74) is 0.307. The maximum absolute atomic E-state index is 11.7. The molecule has 0 atom stereocenters. The largest absolute Gasteiger partial charge is 0.465 e. The normalized spacial score (nSPS) is 10.0. The quantitative estimate of drug-likeness (QED) is 0.877. The number of hydrogen-bond acceptors (Lipinski definition) is 5. The Balaban J connectivity index is 2.07. The van der Waals surface area contributed by atoms with Crippen LogP contribution in [0.4, 0.5) is 5.82 Å². The van der Waals surface area contributed by atoms with Gasteiger partial charge in [0, 0.05) is 6.20 Å². The molecular formula is C12H9BrN2O4. The van der Waals surface area contributed by atoms with E-state index in [2.05, 4.69) is 31.0 Å². The van der Waals surface area contributed by atoms with Gasteiger partial charge in [0.2, 0.25) is 0 Å². The fraction of sp³-hybridized carbons (Fsp3) is 0.0833. The molecule has 0 saturated heterocycles. The number of halogens is 1. The van der Waals surface area contributed by atoms with Crippen molar-refractivity contribution < 1.29 is 18.7 Å². The van der Waals surface area contributed by atoms with Crippen molar-refractivity contribution >= 4 is 33.6 Å². The van der Waals surface area contributed by atoms with Crippen molar-refractivity contribution in [2.24, 2.45) is 0 Å². The molecule has 6 nitrogen and oxygen atoms in total. The summed E-state index contributed by atoms with van der Waals surface area (Å²) >= 11 is 3.11. The Labute approximate surface area is 116 Å². The summed E-state index contributed by atoms with van der Waals surface area (Å²) in [4.78, 5) is 26.9. The predicted molar refractivity (Wildman–Crippen MR) is 69.9 cm³/mol. The topological polar surface area (TPSA) is 81.4 Å². The summed E-state index contributed by atoms with van der Waals surface area (Å²) in [6, 6.07) is 6.15. The zero-order chi connectivity index (χ0) is 13.8. The minimum absolute atomic E-state index is 0.158. The Morgan fingerprint density at radius 1 is 1.32 bits per heavy atom. The second-order valence-corrected chi connectivity index (χ2v) is 4.26. The van der Waals surface area contributed by atoms with Crippen LogP contribution >= 0.6 is 15.9 Å². The molecule has 98 valence electrons. The molecule has 2 rings (SSSR count). The predicted octanol–water partition coefficient (Wildman–Crippen LogP) is 2.48. The Morgan fingerprint density at radius 2 is 2.11 bits per heavy atom. The monoisotopic (exact) mass is 324 g/mol. The van der Waals surface area contributed by atoms with Gasteiger partial charge in [-0.3, -0.25) is 4.79 Å². The number of anilines is 1. The van der Waals surface area contributed by atoms with E-state index in [1.54, 1.807) is 6.07 Å². The first-order valence-corrected chi connectivity index (χ1v) is 6.00. The van der Waals surface area contributed by atoms with Gasteiger partial charge in [0.05, 0.1) is 12.7 Å². The lowest BCUT2D eigenvalue weighted by atomic mass is 10.3. The van der Waals surface area contributed by atoms with Crippen molar-refractivity contribution in [3.05, 3.63) is 46.5 Å². The SMILES string of the molecule is COC(=O)c1ccc(NC(=O)c2ccc(Br)o2)nc1. The molecule has 0 aromatic carbocycles. The van der Waals surface area contributed by atoms with Gasteiger partial charge >= 0.3 is 5.97 Å². The Kier molecular flexibility index (Phi) is 3.96. The number of furan rings is 1. The van der Waals surface area contributed by atoms with Gasteiger partial charge in [-0.1, -0.05) is 0 Å². The summed E-state index contributed by atoms with van der Waals surface area (Å²) in [6.45, 7) is 0. The van der Waals surface area contributed by atoms with Crippen molar-refractivity contribution in [2.75, 3.05) is 12.4 Å². The van der Waals surface area contributed by atoms with E-state index in [-0.39, 0.29) is 5.76 Å². The van der Waals surface area contributed by atoms with Crippen molar-refractivity contribution in [1.82, 2.24) is 4.98 Å². The number of methoxy groups -OCH3 is 1. The van der Waals surface area contributed by atoms with Crippen LogP contribution in [0.1, 0.15) is 20.9 Å². The second-order valence-electron chi connectivity index (χ2n) is 3.48. The summed E-state index contributed by atoms with van der Waals surface area (Å²) in [5.74, 6) is -0.444. The highest BCUT2D eigenvalue weighted by Crippen LogP contribution is 2.15. The van der Waals surface area contributed by atoms with Gasteiger partial charge in [0.15, 0.2) is 10.4 Å². The first-order chi connectivity index (χ1) is 9.10. The minimum atomic E-state index is -0.486. The molecule has 0 bridgehead atoms. The van der Waals surface area contributed by atoms with Crippen LogP contribution in [-0.4, -0.2) is 24.0 Å². The molecule has 7 heteroatoms. The lowest BCUT2D eigenvalue weighted by Gasteiger charge is -2.03. The van der Waals surface area contributed by atoms with E-state index >= 15 is 0 Å². The first kappa shape index (κ1) is 13.3. The highest BCUT2D eigenvalue weighted by Gasteiger charge is 2.12. The average Bonchev–Trinajstić information content (AvgIpc) is 2.85. The number of hydrogen-bond donors (Lipinski definition) is 1. The molecule has 19 heavy (non-hydrogen) atoms. The lowest BCUT2D eigenvalue weighted by molar-refractivity contribution is 0.0600. The standard InChI is InChI=1S/C12H9BrN2O4/c1-18-12(17)7-2-5-10(14-6-7)15-11(16)8-3-4-9(13)19-8/h2-6H,1H3,(H,14,15,16). The van der Waals surface area contributed by atoms with Gasteiger partial charge in [0.1, 0.15) is 5.82 Å². The van der Waals surface area contributed by atoms with E-state index in [1.165, 1.54) is 31.5 Å². The number of pyridine rings is 1. The molecule has 1 amide bonds. The van der Waals surface area contributed by atoms with Gasteiger partial charge in [-0.25, -0.2) is 9.78 Å². The van der Waals surface area contributed by atoms with E-state index in [9.17, 15) is 9.59 Å². The average molecular weight is 325 g/mol. The molecule has 0 fully saturated rings. The molecule has 0 aliphatic heterocycles. The van der Waals surface area contributed by atoms with E-state index < -0.39 is 11.9 Å². The number of nitrogens with zero attached hydrogens (tertiary/aromatic N) is 1. The third-order valence-corrected chi connectivity index (χ3v) is 2.65. The van der Waals surface area contributed by atoms with Crippen molar-refractivity contribution in [1.29, 1.82) is 0 Å². The fourth-order valence-electron chi connectivity index (χ4n) is 1.32. The fourth-order valence-corrected chi connectivity index (χ4v) is 1.63. The third kappa shape index (κ3) is 3.19. The van der Waals surface area contributed by atoms with E-state index in [0.717, 1.165) is 0 Å². The van der Waals surface area contributed by atoms with E-state index in [4.69, 9.17) is 4.42 Å². The molecule has 0 aliphatic rings. The zero-order valence-electron chi connectivity index (χ0n) is 9.84. The third-order valence-electron chi connectivity index (χ3n) is 2.22. The molecule has 0 spiro atoms. The van der Waals surface area contributed by atoms with E-state index in [1.807, 2.05) is 0 Å². The zero-order valence-corrected chi connectivity index (χ0v) is 11.4. The van der Waals surface area contributed by atoms with Crippen LogP contribution in [0.5, 0.6) is 0 Å². The summed E-state index contributed by atoms with van der Waals surface area (Å²) in [7, 11) is 1.28. The number of aromatic nitrogens is 1. The van der Waals surface area contributed by atoms with E-state index in [0.29, 0.717) is 16.1 Å². The van der Waals surface area contributed by atoms with Crippen molar-refractivity contribution in [3.63, 3.8) is 0 Å². The van der Waals surface area contributed by atoms with Gasteiger partial charge in [0.25, 0.3) is 5.91 Å². The molecule has 1 N–H and O–H groups in total. The molecule has 0 unspecified atom stereocenters. The number of carbonyl (C=O) groups is 2. The maximum atomic E-state index is 11.7. The summed E-state index contributed by atoms with van der Waals surface area (Å²) in [6.07, 6.45) is 1.32. The second kappa shape index (κ2) is 5.66. The highest BCUT2D eigenvalue weighted by molar-refractivity contribution is 9.10. The lowest BCUT2D eigenvalue weighted by Crippen LogP contribution is -2.12. The molecule has 2 heterocycles. The van der Waals surface area contributed by atoms with Gasteiger partial charge in [-0.2, -0.15) is 0 Å². The Bertz CT molecular complexity index is 606. The number of ether oxygens (including phenoxy) is 1. The molecule has 2 aromatic rings. The van der Waals surface area contributed by atoms with Gasteiger partial charge in [-0.15, -0.1) is 0 Å². The number of esters is 1. The Morgan fingerprint density at radius 3 is 2.63 bits per heavy atom. The summed E-state index contributed by atoms with van der Waals surface area (Å²) in [5, 5.41) is 2.54. The number of carbonyl (C=O) groups excluding carboxylic acids is 2. The van der Waals surface area contributed by atoms with Gasteiger partial charge in [-0.05, 0) is 40.2 Å². The smallest absolute Gasteiger partial charge is 0.339 e. The van der Waals surface area contributed by atoms with Crippen molar-refractivity contribution in [3.8, 4) is 0 Å². The number of rotatable bonds is 3. The van der Waals surface area contributed by atoms with Crippen LogP contribution in [-0.2, 0) is 4.74 Å². The number of nitrogens with one attached hydrogen (secondary N) is 1. The molecule has 0 radical (unpaired) electrons. The maximum Gasteiger partial charge on any atom is 0.339 e. The molecule has 0 saturated carbocycles. The number of amides is 1.